The highest BCUT2D eigenvalue weighted by Gasteiger charge is 2.24. The van der Waals surface area contributed by atoms with Crippen molar-refractivity contribution in [1.82, 2.24) is 4.90 Å². The highest BCUT2D eigenvalue weighted by Crippen LogP contribution is 2.30. The number of fused-ring (bicyclic) bond motifs is 1. The highest BCUT2D eigenvalue weighted by molar-refractivity contribution is 7.89. The van der Waals surface area contributed by atoms with Crippen LogP contribution in [0.15, 0.2) is 41.3 Å². The summed E-state index contributed by atoms with van der Waals surface area (Å²) < 4.78 is 23.2. The third-order valence-corrected chi connectivity index (χ3v) is 6.18. The van der Waals surface area contributed by atoms with Gasteiger partial charge in [-0.05, 0) is 41.8 Å². The van der Waals surface area contributed by atoms with Crippen LogP contribution in [0.1, 0.15) is 11.1 Å². The first-order valence-electron chi connectivity index (χ1n) is 8.24. The van der Waals surface area contributed by atoms with E-state index < -0.39 is 10.0 Å². The Morgan fingerprint density at radius 1 is 1.19 bits per heavy atom. The van der Waals surface area contributed by atoms with Crippen molar-refractivity contribution in [3.63, 3.8) is 0 Å². The molecule has 27 heavy (non-hydrogen) atoms. The maximum Gasteiger partial charge on any atom is 0.242 e. The molecule has 0 spiro atoms. The zero-order chi connectivity index (χ0) is 19.8. The van der Waals surface area contributed by atoms with Crippen LogP contribution in [0.5, 0.6) is 0 Å². The fraction of sp³-hybridized carbons (Fsp3) is 0.278. The normalized spacial score (nSPS) is 13.6. The number of benzene rings is 2. The minimum atomic E-state index is -3.79. The van der Waals surface area contributed by atoms with E-state index in [9.17, 15) is 13.2 Å². The molecule has 1 heterocycles. The second kappa shape index (κ2) is 7.67. The number of likely N-dealkylation sites (N-methyl/N-ethyl adjacent to an activating group) is 1. The zero-order valence-electron chi connectivity index (χ0n) is 14.7. The fourth-order valence-corrected chi connectivity index (χ4v) is 3.90. The number of carbonyl (C=O) groups is 1. The van der Waals surface area contributed by atoms with Crippen LogP contribution in [-0.4, -0.2) is 39.4 Å². The summed E-state index contributed by atoms with van der Waals surface area (Å²) in [5.74, 6) is -0.0880. The Morgan fingerprint density at radius 3 is 2.59 bits per heavy atom. The van der Waals surface area contributed by atoms with Crippen molar-refractivity contribution >= 4 is 44.8 Å². The Hall–Kier alpha value is -1.80. The summed E-state index contributed by atoms with van der Waals surface area (Å²) in [6.07, 6.45) is 0.754. The maximum absolute atomic E-state index is 12.6. The second-order valence-electron chi connectivity index (χ2n) is 6.51. The molecule has 0 aliphatic carbocycles. The van der Waals surface area contributed by atoms with Gasteiger partial charge >= 0.3 is 0 Å². The Balaban J connectivity index is 1.71. The Labute approximate surface area is 168 Å². The number of sulfonamides is 1. The van der Waals surface area contributed by atoms with Crippen molar-refractivity contribution in [2.75, 3.05) is 25.0 Å². The lowest BCUT2D eigenvalue weighted by Gasteiger charge is -2.24. The van der Waals surface area contributed by atoms with Crippen molar-refractivity contribution in [1.29, 1.82) is 0 Å². The number of nitrogens with two attached hydrogens (primary N) is 1. The molecule has 2 N–H and O–H groups in total. The topological polar surface area (TPSA) is 83.7 Å². The van der Waals surface area contributed by atoms with Gasteiger partial charge in [-0.3, -0.25) is 4.79 Å². The molecule has 0 aromatic heterocycles. The highest BCUT2D eigenvalue weighted by atomic mass is 35.5. The number of halogens is 2. The van der Waals surface area contributed by atoms with E-state index in [-0.39, 0.29) is 17.3 Å². The Morgan fingerprint density at radius 2 is 1.93 bits per heavy atom. The molecule has 6 nitrogen and oxygen atoms in total. The van der Waals surface area contributed by atoms with Gasteiger partial charge in [0.1, 0.15) is 0 Å². The van der Waals surface area contributed by atoms with Crippen LogP contribution in [0.2, 0.25) is 10.0 Å². The lowest BCUT2D eigenvalue weighted by atomic mass is 10.2. The van der Waals surface area contributed by atoms with Gasteiger partial charge in [-0.25, -0.2) is 13.6 Å². The molecule has 9 heteroatoms. The van der Waals surface area contributed by atoms with Gasteiger partial charge in [-0.1, -0.05) is 35.3 Å². The predicted molar refractivity (Wildman–Crippen MR) is 107 cm³/mol. The van der Waals surface area contributed by atoms with E-state index in [4.69, 9.17) is 28.3 Å². The third-order valence-electron chi connectivity index (χ3n) is 4.53. The molecular weight excluding hydrogens is 409 g/mol. The van der Waals surface area contributed by atoms with Crippen LogP contribution in [0.3, 0.4) is 0 Å². The number of amides is 1. The number of primary sulfonamides is 1. The van der Waals surface area contributed by atoms with Crippen molar-refractivity contribution in [2.45, 2.75) is 17.9 Å². The summed E-state index contributed by atoms with van der Waals surface area (Å²) in [5.41, 5.74) is 2.61. The van der Waals surface area contributed by atoms with Crippen molar-refractivity contribution < 1.29 is 13.2 Å². The summed E-state index contributed by atoms with van der Waals surface area (Å²) in [4.78, 5) is 16.1. The molecule has 144 valence electrons. The summed E-state index contributed by atoms with van der Waals surface area (Å²) in [6.45, 7) is 1.20. The summed E-state index contributed by atoms with van der Waals surface area (Å²) >= 11 is 11.9. The molecule has 1 aliphatic rings. The molecule has 1 amide bonds. The Bertz CT molecular complexity index is 995. The van der Waals surface area contributed by atoms with Gasteiger partial charge in [0.2, 0.25) is 15.9 Å². The summed E-state index contributed by atoms with van der Waals surface area (Å²) in [6, 6.07) is 10.0. The lowest BCUT2D eigenvalue weighted by molar-refractivity contribution is -0.128. The molecule has 3 rings (SSSR count). The van der Waals surface area contributed by atoms with Crippen LogP contribution < -0.4 is 10.0 Å². The Kier molecular flexibility index (Phi) is 5.67. The van der Waals surface area contributed by atoms with Crippen LogP contribution in [0.25, 0.3) is 0 Å². The second-order valence-corrected chi connectivity index (χ2v) is 8.88. The summed E-state index contributed by atoms with van der Waals surface area (Å²) in [7, 11) is -2.08. The van der Waals surface area contributed by atoms with Gasteiger partial charge in [-0.2, -0.15) is 0 Å². The van der Waals surface area contributed by atoms with Gasteiger partial charge in [0.15, 0.2) is 0 Å². The minimum absolute atomic E-state index is 0.0461. The van der Waals surface area contributed by atoms with Crippen LogP contribution in [0.4, 0.5) is 5.69 Å². The van der Waals surface area contributed by atoms with Crippen molar-refractivity contribution in [2.24, 2.45) is 5.14 Å². The molecule has 0 atom stereocenters. The van der Waals surface area contributed by atoms with Gasteiger partial charge < -0.3 is 9.80 Å². The molecule has 0 unspecified atom stereocenters. The predicted octanol–water partition coefficient (Wildman–Crippen LogP) is 2.66. The molecule has 2 aromatic carbocycles. The first-order valence-corrected chi connectivity index (χ1v) is 10.5. The number of carbonyl (C=O) groups excluding carboxylic acids is 1. The van der Waals surface area contributed by atoms with Gasteiger partial charge in [0, 0.05) is 25.8 Å². The number of anilines is 1. The number of nitrogens with zero attached hydrogens (tertiary/aromatic N) is 2. The van der Waals surface area contributed by atoms with E-state index in [0.717, 1.165) is 23.2 Å². The fourth-order valence-electron chi connectivity index (χ4n) is 3.05. The number of rotatable bonds is 5. The number of hydrogen-bond donors (Lipinski definition) is 1. The van der Waals surface area contributed by atoms with Gasteiger partial charge in [0.25, 0.3) is 0 Å². The third kappa shape index (κ3) is 4.55. The standard InChI is InChI=1S/C18H19Cl2N3O3S/c1-22(10-12-2-5-15(19)16(20)8-12)18(24)11-23-7-6-13-3-4-14(9-17(13)23)27(21,25)26/h2-5,8-9H,6-7,10-11H2,1H3,(H2,21,25,26). The van der Waals surface area contributed by atoms with Crippen molar-refractivity contribution in [3.8, 4) is 0 Å². The van der Waals surface area contributed by atoms with Crippen LogP contribution in [0, 0.1) is 0 Å². The first kappa shape index (κ1) is 19.9. The lowest BCUT2D eigenvalue weighted by Crippen LogP contribution is -2.37. The van der Waals surface area contributed by atoms with Gasteiger partial charge in [-0.15, -0.1) is 0 Å². The zero-order valence-corrected chi connectivity index (χ0v) is 17.0. The van der Waals surface area contributed by atoms with Gasteiger partial charge in [0.05, 0.1) is 21.5 Å². The van der Waals surface area contributed by atoms with E-state index in [1.807, 2.05) is 11.0 Å². The quantitative estimate of drug-likeness (QED) is 0.794. The number of hydrogen-bond acceptors (Lipinski definition) is 4. The monoisotopic (exact) mass is 427 g/mol. The minimum Gasteiger partial charge on any atom is -0.362 e. The van der Waals surface area contributed by atoms with E-state index in [1.165, 1.54) is 12.1 Å². The van der Waals surface area contributed by atoms with E-state index in [0.29, 0.717) is 23.1 Å². The largest absolute Gasteiger partial charge is 0.362 e. The molecule has 0 radical (unpaired) electrons. The van der Waals surface area contributed by atoms with E-state index in [1.54, 1.807) is 30.1 Å². The molecule has 0 fully saturated rings. The molecule has 1 aliphatic heterocycles. The SMILES string of the molecule is CN(Cc1ccc(Cl)c(Cl)c1)C(=O)CN1CCc2ccc(S(N)(=O)=O)cc21. The molecular formula is C18H19Cl2N3O3S. The average molecular weight is 428 g/mol. The van der Waals surface area contributed by atoms with E-state index >= 15 is 0 Å². The van der Waals surface area contributed by atoms with Crippen molar-refractivity contribution in [3.05, 3.63) is 57.6 Å². The summed E-state index contributed by atoms with van der Waals surface area (Å²) in [5, 5.41) is 6.12. The molecule has 0 saturated heterocycles. The average Bonchev–Trinajstić information content (AvgIpc) is 2.99. The molecule has 0 bridgehead atoms. The first-order chi connectivity index (χ1) is 12.6. The van der Waals surface area contributed by atoms with Crippen LogP contribution >= 0.6 is 23.2 Å². The maximum atomic E-state index is 12.6. The molecule has 2 aromatic rings. The smallest absolute Gasteiger partial charge is 0.242 e. The van der Waals surface area contributed by atoms with E-state index in [2.05, 4.69) is 0 Å². The van der Waals surface area contributed by atoms with Crippen LogP contribution in [-0.2, 0) is 27.8 Å². The molecule has 0 saturated carbocycles.